The highest BCUT2D eigenvalue weighted by Gasteiger charge is 2.37. The predicted octanol–water partition coefficient (Wildman–Crippen LogP) is 1.30. The quantitative estimate of drug-likeness (QED) is 0.761. The molecule has 1 saturated carbocycles. The maximum absolute atomic E-state index is 9.53. The van der Waals surface area contributed by atoms with Crippen molar-refractivity contribution in [1.29, 1.82) is 0 Å². The molecule has 1 aromatic heterocycles. The molecule has 0 bridgehead atoms. The summed E-state index contributed by atoms with van der Waals surface area (Å²) in [5.74, 6) is 0. The Morgan fingerprint density at radius 3 is 2.73 bits per heavy atom. The fraction of sp³-hybridized carbons (Fsp3) is 0.700. The summed E-state index contributed by atoms with van der Waals surface area (Å²) < 4.78 is 0.990. The van der Waals surface area contributed by atoms with Crippen molar-refractivity contribution in [2.45, 2.75) is 37.2 Å². The van der Waals surface area contributed by atoms with Crippen molar-refractivity contribution in [3.8, 4) is 0 Å². The van der Waals surface area contributed by atoms with Crippen LogP contribution in [0.1, 0.15) is 31.4 Å². The zero-order valence-corrected chi connectivity index (χ0v) is 10.1. The SMILES string of the molecule is NCC1(c2[nH]ncc2Br)CCC(O)CC1. The smallest absolute Gasteiger partial charge is 0.0632 e. The number of hydrogen-bond donors (Lipinski definition) is 3. The third-order valence-electron chi connectivity index (χ3n) is 3.43. The maximum atomic E-state index is 9.53. The molecular weight excluding hydrogens is 258 g/mol. The first kappa shape index (κ1) is 11.1. The van der Waals surface area contributed by atoms with E-state index in [1.54, 1.807) is 6.20 Å². The highest BCUT2D eigenvalue weighted by Crippen LogP contribution is 2.40. The fourth-order valence-electron chi connectivity index (χ4n) is 2.35. The molecule has 1 aliphatic carbocycles. The molecule has 2 rings (SSSR count). The number of nitrogens with two attached hydrogens (primary N) is 1. The van der Waals surface area contributed by atoms with Crippen molar-refractivity contribution in [2.75, 3.05) is 6.54 Å². The molecule has 0 aromatic carbocycles. The number of rotatable bonds is 2. The molecule has 4 N–H and O–H groups in total. The monoisotopic (exact) mass is 273 g/mol. The summed E-state index contributed by atoms with van der Waals surface area (Å²) in [6.07, 6.45) is 5.09. The van der Waals surface area contributed by atoms with Crippen LogP contribution >= 0.6 is 15.9 Å². The van der Waals surface area contributed by atoms with Gasteiger partial charge in [0.15, 0.2) is 0 Å². The number of aliphatic hydroxyl groups is 1. The maximum Gasteiger partial charge on any atom is 0.0632 e. The highest BCUT2D eigenvalue weighted by molar-refractivity contribution is 9.10. The Morgan fingerprint density at radius 1 is 1.60 bits per heavy atom. The van der Waals surface area contributed by atoms with Gasteiger partial charge in [-0.25, -0.2) is 0 Å². The van der Waals surface area contributed by atoms with Crippen LogP contribution in [-0.4, -0.2) is 28.0 Å². The van der Waals surface area contributed by atoms with E-state index in [2.05, 4.69) is 26.1 Å². The molecule has 1 aromatic rings. The van der Waals surface area contributed by atoms with Gasteiger partial charge in [0.1, 0.15) is 0 Å². The van der Waals surface area contributed by atoms with E-state index in [0.29, 0.717) is 6.54 Å². The van der Waals surface area contributed by atoms with Crippen LogP contribution in [-0.2, 0) is 5.41 Å². The molecule has 0 spiro atoms. The van der Waals surface area contributed by atoms with Crippen LogP contribution < -0.4 is 5.73 Å². The lowest BCUT2D eigenvalue weighted by atomic mass is 9.71. The van der Waals surface area contributed by atoms with Gasteiger partial charge in [-0.05, 0) is 41.6 Å². The number of halogens is 1. The molecule has 1 fully saturated rings. The minimum Gasteiger partial charge on any atom is -0.393 e. The van der Waals surface area contributed by atoms with Gasteiger partial charge in [-0.15, -0.1) is 0 Å². The van der Waals surface area contributed by atoms with E-state index in [-0.39, 0.29) is 11.5 Å². The van der Waals surface area contributed by atoms with Gasteiger partial charge in [0.25, 0.3) is 0 Å². The topological polar surface area (TPSA) is 74.9 Å². The molecule has 0 aliphatic heterocycles. The molecule has 0 amide bonds. The summed E-state index contributed by atoms with van der Waals surface area (Å²) in [6.45, 7) is 0.598. The normalized spacial score (nSPS) is 31.8. The number of H-pyrrole nitrogens is 1. The van der Waals surface area contributed by atoms with Crippen molar-refractivity contribution in [3.63, 3.8) is 0 Å². The lowest BCUT2D eigenvalue weighted by Gasteiger charge is -2.37. The molecule has 0 radical (unpaired) electrons. The van der Waals surface area contributed by atoms with Crippen LogP contribution in [0.2, 0.25) is 0 Å². The van der Waals surface area contributed by atoms with Gasteiger partial charge in [0, 0.05) is 12.0 Å². The molecule has 4 nitrogen and oxygen atoms in total. The molecule has 5 heteroatoms. The van der Waals surface area contributed by atoms with E-state index in [1.165, 1.54) is 0 Å². The second kappa shape index (κ2) is 4.23. The van der Waals surface area contributed by atoms with Gasteiger partial charge in [-0.1, -0.05) is 0 Å². The zero-order valence-electron chi connectivity index (χ0n) is 8.54. The van der Waals surface area contributed by atoms with E-state index in [1.807, 2.05) is 0 Å². The van der Waals surface area contributed by atoms with E-state index in [9.17, 15) is 5.11 Å². The van der Waals surface area contributed by atoms with Crippen molar-refractivity contribution >= 4 is 15.9 Å². The second-order valence-corrected chi connectivity index (χ2v) is 5.16. The van der Waals surface area contributed by atoms with Crippen molar-refractivity contribution in [1.82, 2.24) is 10.2 Å². The third-order valence-corrected chi connectivity index (χ3v) is 4.03. The molecular formula is C10H16BrN3O. The summed E-state index contributed by atoms with van der Waals surface area (Å²) >= 11 is 3.48. The second-order valence-electron chi connectivity index (χ2n) is 4.31. The average molecular weight is 274 g/mol. The van der Waals surface area contributed by atoms with Crippen LogP contribution in [0, 0.1) is 0 Å². The minimum atomic E-state index is -0.161. The van der Waals surface area contributed by atoms with Gasteiger partial charge in [0.2, 0.25) is 0 Å². The molecule has 0 atom stereocenters. The van der Waals surface area contributed by atoms with Crippen LogP contribution in [0.25, 0.3) is 0 Å². The number of nitrogens with one attached hydrogen (secondary N) is 1. The number of aliphatic hydroxyl groups excluding tert-OH is 1. The summed E-state index contributed by atoms with van der Waals surface area (Å²) in [6, 6.07) is 0. The van der Waals surface area contributed by atoms with Crippen LogP contribution in [0.3, 0.4) is 0 Å². The lowest BCUT2D eigenvalue weighted by Crippen LogP contribution is -2.40. The summed E-state index contributed by atoms with van der Waals surface area (Å²) in [5.41, 5.74) is 6.94. The molecule has 15 heavy (non-hydrogen) atoms. The van der Waals surface area contributed by atoms with Gasteiger partial charge in [-0.2, -0.15) is 5.10 Å². The predicted molar refractivity (Wildman–Crippen MR) is 61.5 cm³/mol. The minimum absolute atomic E-state index is 0.0332. The molecule has 0 unspecified atom stereocenters. The Labute approximate surface area is 97.4 Å². The number of aromatic nitrogens is 2. The summed E-state index contributed by atoms with van der Waals surface area (Å²) in [7, 11) is 0. The Kier molecular flexibility index (Phi) is 3.13. The fourth-order valence-corrected chi connectivity index (χ4v) is 2.97. The van der Waals surface area contributed by atoms with E-state index in [4.69, 9.17) is 5.73 Å². The largest absolute Gasteiger partial charge is 0.393 e. The first-order valence-corrected chi connectivity index (χ1v) is 6.05. The van der Waals surface area contributed by atoms with Crippen LogP contribution in [0.5, 0.6) is 0 Å². The van der Waals surface area contributed by atoms with E-state index >= 15 is 0 Å². The summed E-state index contributed by atoms with van der Waals surface area (Å²) in [4.78, 5) is 0. The Balaban J connectivity index is 2.26. The first-order chi connectivity index (χ1) is 7.18. The Bertz CT molecular complexity index is 331. The zero-order chi connectivity index (χ0) is 10.9. The molecule has 0 saturated heterocycles. The standard InChI is InChI=1S/C10H16BrN3O/c11-8-5-13-14-9(8)10(6-12)3-1-7(15)2-4-10/h5,7,15H,1-4,6,12H2,(H,13,14). The van der Waals surface area contributed by atoms with Gasteiger partial charge < -0.3 is 10.8 Å². The van der Waals surface area contributed by atoms with Crippen molar-refractivity contribution < 1.29 is 5.11 Å². The highest BCUT2D eigenvalue weighted by atomic mass is 79.9. The number of aromatic amines is 1. The van der Waals surface area contributed by atoms with Gasteiger partial charge in [-0.3, -0.25) is 5.10 Å². The van der Waals surface area contributed by atoms with Crippen molar-refractivity contribution in [2.24, 2.45) is 5.73 Å². The van der Waals surface area contributed by atoms with Crippen molar-refractivity contribution in [3.05, 3.63) is 16.4 Å². The van der Waals surface area contributed by atoms with Crippen LogP contribution in [0.4, 0.5) is 0 Å². The summed E-state index contributed by atoms with van der Waals surface area (Å²) in [5, 5.41) is 16.6. The number of hydrogen-bond acceptors (Lipinski definition) is 3. The van der Waals surface area contributed by atoms with Gasteiger partial charge >= 0.3 is 0 Å². The Morgan fingerprint density at radius 2 is 2.27 bits per heavy atom. The third kappa shape index (κ3) is 1.96. The van der Waals surface area contributed by atoms with Crippen LogP contribution in [0.15, 0.2) is 10.7 Å². The lowest BCUT2D eigenvalue weighted by molar-refractivity contribution is 0.0959. The van der Waals surface area contributed by atoms with E-state index < -0.39 is 0 Å². The number of nitrogens with zero attached hydrogens (tertiary/aromatic N) is 1. The molecule has 84 valence electrons. The average Bonchev–Trinajstić information content (AvgIpc) is 2.67. The Hall–Kier alpha value is -0.390. The molecule has 1 aliphatic rings. The van der Waals surface area contributed by atoms with E-state index in [0.717, 1.165) is 35.8 Å². The van der Waals surface area contributed by atoms with Gasteiger partial charge in [0.05, 0.1) is 22.5 Å². The molecule has 1 heterocycles. The first-order valence-electron chi connectivity index (χ1n) is 5.25.